The number of hydrogen-bond donors (Lipinski definition) is 2. The average Bonchev–Trinajstić information content (AvgIpc) is 2.14. The molecule has 0 fully saturated rings. The van der Waals surface area contributed by atoms with Gasteiger partial charge in [-0.1, -0.05) is 11.6 Å². The van der Waals surface area contributed by atoms with Crippen molar-refractivity contribution < 1.29 is 4.74 Å². The zero-order valence-electron chi connectivity index (χ0n) is 9.09. The summed E-state index contributed by atoms with van der Waals surface area (Å²) in [6.45, 7) is 5.43. The van der Waals surface area contributed by atoms with Crippen molar-refractivity contribution in [2.24, 2.45) is 0 Å². The standard InChI is InChI=1S/C11H17ClN2O/c1-8(2)15-6-5-14-11-4-3-9(12)7-10(11)13/h3-4,7-8,14H,5-6,13H2,1-2H3. The van der Waals surface area contributed by atoms with E-state index in [2.05, 4.69) is 5.32 Å². The van der Waals surface area contributed by atoms with Crippen LogP contribution in [0.3, 0.4) is 0 Å². The molecular weight excluding hydrogens is 212 g/mol. The molecule has 0 unspecified atom stereocenters. The smallest absolute Gasteiger partial charge is 0.0642 e. The number of ether oxygens (including phenoxy) is 1. The van der Waals surface area contributed by atoms with Crippen LogP contribution in [0.25, 0.3) is 0 Å². The zero-order chi connectivity index (χ0) is 11.3. The maximum atomic E-state index is 5.79. The van der Waals surface area contributed by atoms with Crippen molar-refractivity contribution in [1.29, 1.82) is 0 Å². The van der Waals surface area contributed by atoms with Gasteiger partial charge in [0.25, 0.3) is 0 Å². The molecule has 0 bridgehead atoms. The third kappa shape index (κ3) is 4.40. The largest absolute Gasteiger partial charge is 0.397 e. The van der Waals surface area contributed by atoms with Crippen LogP contribution in [0, 0.1) is 0 Å². The van der Waals surface area contributed by atoms with Crippen LogP contribution in [0.5, 0.6) is 0 Å². The molecule has 1 rings (SSSR count). The van der Waals surface area contributed by atoms with Gasteiger partial charge in [0.15, 0.2) is 0 Å². The maximum Gasteiger partial charge on any atom is 0.0642 e. The molecule has 3 nitrogen and oxygen atoms in total. The van der Waals surface area contributed by atoms with Crippen LogP contribution >= 0.6 is 11.6 Å². The van der Waals surface area contributed by atoms with Crippen LogP contribution in [0.15, 0.2) is 18.2 Å². The molecule has 0 heterocycles. The summed E-state index contributed by atoms with van der Waals surface area (Å²) in [7, 11) is 0. The van der Waals surface area contributed by atoms with Crippen molar-refractivity contribution in [2.75, 3.05) is 24.2 Å². The summed E-state index contributed by atoms with van der Waals surface area (Å²) in [5.41, 5.74) is 7.33. The topological polar surface area (TPSA) is 47.3 Å². The van der Waals surface area contributed by atoms with E-state index in [1.807, 2.05) is 26.0 Å². The number of hydrogen-bond acceptors (Lipinski definition) is 3. The molecular formula is C11H17ClN2O. The van der Waals surface area contributed by atoms with Crippen LogP contribution < -0.4 is 11.1 Å². The second-order valence-electron chi connectivity index (χ2n) is 3.58. The molecule has 0 atom stereocenters. The van der Waals surface area contributed by atoms with E-state index in [-0.39, 0.29) is 6.10 Å². The van der Waals surface area contributed by atoms with E-state index in [4.69, 9.17) is 22.1 Å². The molecule has 0 saturated heterocycles. The van der Waals surface area contributed by atoms with Gasteiger partial charge in [-0.15, -0.1) is 0 Å². The lowest BCUT2D eigenvalue weighted by atomic mass is 10.2. The number of nitrogens with two attached hydrogens (primary N) is 1. The van der Waals surface area contributed by atoms with Crippen LogP contribution in [-0.4, -0.2) is 19.3 Å². The molecule has 15 heavy (non-hydrogen) atoms. The minimum Gasteiger partial charge on any atom is -0.397 e. The Labute approximate surface area is 95.6 Å². The second kappa shape index (κ2) is 5.83. The fraction of sp³-hybridized carbons (Fsp3) is 0.455. The molecule has 84 valence electrons. The van der Waals surface area contributed by atoms with Crippen LogP contribution in [-0.2, 0) is 4.74 Å². The lowest BCUT2D eigenvalue weighted by Crippen LogP contribution is -2.13. The van der Waals surface area contributed by atoms with Gasteiger partial charge in [0, 0.05) is 11.6 Å². The highest BCUT2D eigenvalue weighted by Crippen LogP contribution is 2.22. The lowest BCUT2D eigenvalue weighted by Gasteiger charge is -2.11. The summed E-state index contributed by atoms with van der Waals surface area (Å²) in [6, 6.07) is 5.41. The van der Waals surface area contributed by atoms with Crippen LogP contribution in [0.4, 0.5) is 11.4 Å². The van der Waals surface area contributed by atoms with E-state index in [1.165, 1.54) is 0 Å². The third-order valence-electron chi connectivity index (χ3n) is 1.88. The van der Waals surface area contributed by atoms with Crippen molar-refractivity contribution in [3.05, 3.63) is 23.2 Å². The first-order chi connectivity index (χ1) is 7.09. The minimum absolute atomic E-state index is 0.259. The van der Waals surface area contributed by atoms with Gasteiger partial charge in [-0.2, -0.15) is 0 Å². The Kier molecular flexibility index (Phi) is 4.72. The van der Waals surface area contributed by atoms with Crippen molar-refractivity contribution in [1.82, 2.24) is 0 Å². The quantitative estimate of drug-likeness (QED) is 0.602. The monoisotopic (exact) mass is 228 g/mol. The number of benzene rings is 1. The van der Waals surface area contributed by atoms with Gasteiger partial charge in [0.05, 0.1) is 24.1 Å². The second-order valence-corrected chi connectivity index (χ2v) is 4.01. The SMILES string of the molecule is CC(C)OCCNc1ccc(Cl)cc1N. The van der Waals surface area contributed by atoms with Crippen LogP contribution in [0.2, 0.25) is 5.02 Å². The van der Waals surface area contributed by atoms with Crippen molar-refractivity contribution in [3.63, 3.8) is 0 Å². The van der Waals surface area contributed by atoms with Crippen molar-refractivity contribution >= 4 is 23.0 Å². The molecule has 0 saturated carbocycles. The van der Waals surface area contributed by atoms with Gasteiger partial charge >= 0.3 is 0 Å². The van der Waals surface area contributed by atoms with Crippen molar-refractivity contribution in [3.8, 4) is 0 Å². The Morgan fingerprint density at radius 2 is 2.20 bits per heavy atom. The molecule has 0 radical (unpaired) electrons. The highest BCUT2D eigenvalue weighted by molar-refractivity contribution is 6.31. The van der Waals surface area contributed by atoms with Gasteiger partial charge in [0.1, 0.15) is 0 Å². The molecule has 0 aliphatic rings. The predicted octanol–water partition coefficient (Wildman–Crippen LogP) is 2.76. The van der Waals surface area contributed by atoms with Gasteiger partial charge in [-0.3, -0.25) is 0 Å². The summed E-state index contributed by atoms with van der Waals surface area (Å²) in [5, 5.41) is 3.84. The number of nitrogen functional groups attached to an aromatic ring is 1. The highest BCUT2D eigenvalue weighted by atomic mass is 35.5. The van der Waals surface area contributed by atoms with Gasteiger partial charge in [0.2, 0.25) is 0 Å². The normalized spacial score (nSPS) is 10.7. The van der Waals surface area contributed by atoms with E-state index in [9.17, 15) is 0 Å². The fourth-order valence-corrected chi connectivity index (χ4v) is 1.36. The van der Waals surface area contributed by atoms with E-state index < -0.39 is 0 Å². The number of rotatable bonds is 5. The predicted molar refractivity (Wildman–Crippen MR) is 65.4 cm³/mol. The Morgan fingerprint density at radius 3 is 2.80 bits per heavy atom. The first-order valence-electron chi connectivity index (χ1n) is 5.00. The Balaban J connectivity index is 2.37. The van der Waals surface area contributed by atoms with Gasteiger partial charge in [-0.25, -0.2) is 0 Å². The molecule has 0 amide bonds. The number of nitrogens with one attached hydrogen (secondary N) is 1. The van der Waals surface area contributed by atoms with Gasteiger partial charge < -0.3 is 15.8 Å². The molecule has 0 aliphatic heterocycles. The first-order valence-corrected chi connectivity index (χ1v) is 5.38. The van der Waals surface area contributed by atoms with Crippen molar-refractivity contribution in [2.45, 2.75) is 20.0 Å². The molecule has 1 aromatic carbocycles. The van der Waals surface area contributed by atoms with E-state index in [0.717, 1.165) is 12.2 Å². The summed E-state index contributed by atoms with van der Waals surface area (Å²) < 4.78 is 5.40. The lowest BCUT2D eigenvalue weighted by molar-refractivity contribution is 0.0871. The number of anilines is 2. The summed E-state index contributed by atoms with van der Waals surface area (Å²) in [4.78, 5) is 0. The fourth-order valence-electron chi connectivity index (χ4n) is 1.17. The van der Waals surface area contributed by atoms with E-state index >= 15 is 0 Å². The maximum absolute atomic E-state index is 5.79. The molecule has 4 heteroatoms. The molecule has 0 aliphatic carbocycles. The summed E-state index contributed by atoms with van der Waals surface area (Å²) in [6.07, 6.45) is 0.259. The van der Waals surface area contributed by atoms with E-state index in [0.29, 0.717) is 17.3 Å². The Bertz CT molecular complexity index is 315. The minimum atomic E-state index is 0.259. The first kappa shape index (κ1) is 12.1. The molecule has 1 aromatic rings. The summed E-state index contributed by atoms with van der Waals surface area (Å²) in [5.74, 6) is 0. The molecule has 0 aromatic heterocycles. The van der Waals surface area contributed by atoms with Gasteiger partial charge in [-0.05, 0) is 32.0 Å². The molecule has 0 spiro atoms. The number of halogens is 1. The molecule has 3 N–H and O–H groups in total. The van der Waals surface area contributed by atoms with Crippen LogP contribution in [0.1, 0.15) is 13.8 Å². The Morgan fingerprint density at radius 1 is 1.47 bits per heavy atom. The average molecular weight is 229 g/mol. The third-order valence-corrected chi connectivity index (χ3v) is 2.12. The van der Waals surface area contributed by atoms with E-state index in [1.54, 1.807) is 6.07 Å². The zero-order valence-corrected chi connectivity index (χ0v) is 9.84. The Hall–Kier alpha value is -0.930. The summed E-state index contributed by atoms with van der Waals surface area (Å²) >= 11 is 5.79. The highest BCUT2D eigenvalue weighted by Gasteiger charge is 1.99.